The van der Waals surface area contributed by atoms with E-state index in [1.165, 1.54) is 0 Å². The van der Waals surface area contributed by atoms with Crippen LogP contribution in [0.25, 0.3) is 16.9 Å². The molecule has 0 N–H and O–H groups in total. The molecule has 1 aliphatic rings. The average molecular weight is 642 g/mol. The number of piperazine rings is 1. The van der Waals surface area contributed by atoms with E-state index in [9.17, 15) is 9.59 Å². The van der Waals surface area contributed by atoms with Gasteiger partial charge >= 0.3 is 6.09 Å². The summed E-state index contributed by atoms with van der Waals surface area (Å²) in [5.74, 6) is 0.657. The first-order valence-electron chi connectivity index (χ1n) is 16.5. The molecule has 48 heavy (non-hydrogen) atoms. The molecule has 6 rings (SSSR count). The Kier molecular flexibility index (Phi) is 9.67. The zero-order chi connectivity index (χ0) is 33.7. The van der Waals surface area contributed by atoms with Gasteiger partial charge in [-0.2, -0.15) is 0 Å². The number of ether oxygens (including phenoxy) is 2. The van der Waals surface area contributed by atoms with Crippen molar-refractivity contribution in [2.75, 3.05) is 19.6 Å². The second-order valence-corrected chi connectivity index (χ2v) is 13.3. The number of hydrogen-bond acceptors (Lipinski definition) is 4. The fraction of sp³-hybridized carbons (Fsp3) is 0.268. The quantitative estimate of drug-likeness (QED) is 0.171. The number of amides is 2. The van der Waals surface area contributed by atoms with Crippen molar-refractivity contribution < 1.29 is 19.1 Å². The predicted molar refractivity (Wildman–Crippen MR) is 189 cm³/mol. The molecule has 1 aromatic heterocycles. The summed E-state index contributed by atoms with van der Waals surface area (Å²) in [6.07, 6.45) is 0.259. The van der Waals surface area contributed by atoms with Gasteiger partial charge in [0.15, 0.2) is 0 Å². The highest BCUT2D eigenvalue weighted by molar-refractivity contribution is 6.01. The van der Waals surface area contributed by atoms with Crippen LogP contribution in [0.4, 0.5) is 4.79 Å². The zero-order valence-electron chi connectivity index (χ0n) is 28.1. The van der Waals surface area contributed by atoms with Gasteiger partial charge in [0.2, 0.25) is 0 Å². The molecule has 246 valence electrons. The van der Waals surface area contributed by atoms with Crippen LogP contribution in [-0.2, 0) is 17.8 Å². The Morgan fingerprint density at radius 2 is 1.42 bits per heavy atom. The van der Waals surface area contributed by atoms with Gasteiger partial charge in [-0.3, -0.25) is 4.79 Å². The van der Waals surface area contributed by atoms with Crippen molar-refractivity contribution in [3.05, 3.63) is 144 Å². The molecule has 1 atom stereocenters. The van der Waals surface area contributed by atoms with E-state index in [1.54, 1.807) is 4.90 Å². The molecular formula is C41H43N3O4. The number of hydrogen-bond donors (Lipinski definition) is 0. The summed E-state index contributed by atoms with van der Waals surface area (Å²) in [6, 6.07) is 40.0. The van der Waals surface area contributed by atoms with Crippen LogP contribution in [0.5, 0.6) is 5.75 Å². The maximum absolute atomic E-state index is 14.8. The highest BCUT2D eigenvalue weighted by Gasteiger charge is 2.36. The summed E-state index contributed by atoms with van der Waals surface area (Å²) in [5.41, 5.74) is 5.79. The van der Waals surface area contributed by atoms with E-state index in [-0.39, 0.29) is 18.0 Å². The fourth-order valence-corrected chi connectivity index (χ4v) is 6.30. The summed E-state index contributed by atoms with van der Waals surface area (Å²) >= 11 is 0. The minimum absolute atomic E-state index is 0.0665. The van der Waals surface area contributed by atoms with Crippen molar-refractivity contribution in [3.63, 3.8) is 0 Å². The lowest BCUT2D eigenvalue weighted by molar-refractivity contribution is 0.00440. The first-order chi connectivity index (χ1) is 23.2. The molecule has 7 heteroatoms. The van der Waals surface area contributed by atoms with E-state index in [2.05, 4.69) is 28.8 Å². The third kappa shape index (κ3) is 7.63. The predicted octanol–water partition coefficient (Wildman–Crippen LogP) is 8.34. The van der Waals surface area contributed by atoms with Gasteiger partial charge in [-0.05, 0) is 75.6 Å². The smallest absolute Gasteiger partial charge is 0.410 e. The van der Waals surface area contributed by atoms with Crippen LogP contribution in [0.2, 0.25) is 0 Å². The molecule has 0 bridgehead atoms. The Balaban J connectivity index is 1.37. The SMILES string of the molecule is Cc1cc(C(=O)N2CCN(C(=O)OC(C)(C)C)C[C@H]2Cc2ccccc2)c(-c2cccc(OCc3ccccc3)c2)n1-c1ccccc1. The van der Waals surface area contributed by atoms with Crippen molar-refractivity contribution in [3.8, 4) is 22.7 Å². The zero-order valence-corrected chi connectivity index (χ0v) is 28.1. The summed E-state index contributed by atoms with van der Waals surface area (Å²) in [7, 11) is 0. The minimum atomic E-state index is -0.606. The molecule has 0 radical (unpaired) electrons. The second-order valence-electron chi connectivity index (χ2n) is 13.3. The summed E-state index contributed by atoms with van der Waals surface area (Å²) in [6.45, 7) is 9.25. The third-order valence-electron chi connectivity index (χ3n) is 8.49. The van der Waals surface area contributed by atoms with Gasteiger partial charge in [0.25, 0.3) is 5.91 Å². The van der Waals surface area contributed by atoms with Crippen LogP contribution >= 0.6 is 0 Å². The lowest BCUT2D eigenvalue weighted by Gasteiger charge is -2.42. The number of para-hydroxylation sites is 1. The molecule has 0 unspecified atom stereocenters. The van der Waals surface area contributed by atoms with Crippen molar-refractivity contribution >= 4 is 12.0 Å². The first kappa shape index (κ1) is 32.6. The Labute approximate surface area is 283 Å². The maximum Gasteiger partial charge on any atom is 0.410 e. The van der Waals surface area contributed by atoms with Crippen LogP contribution in [0.1, 0.15) is 48.0 Å². The van der Waals surface area contributed by atoms with Crippen LogP contribution in [0, 0.1) is 6.92 Å². The van der Waals surface area contributed by atoms with Crippen molar-refractivity contribution in [1.29, 1.82) is 0 Å². The molecule has 2 amide bonds. The van der Waals surface area contributed by atoms with Crippen LogP contribution in [-0.4, -0.2) is 57.6 Å². The van der Waals surface area contributed by atoms with Crippen LogP contribution < -0.4 is 4.74 Å². The van der Waals surface area contributed by atoms with E-state index in [4.69, 9.17) is 9.47 Å². The Morgan fingerprint density at radius 3 is 2.08 bits per heavy atom. The molecule has 1 saturated heterocycles. The largest absolute Gasteiger partial charge is 0.489 e. The van der Waals surface area contributed by atoms with Gasteiger partial charge in [-0.1, -0.05) is 91.0 Å². The number of carbonyl (C=O) groups excluding carboxylic acids is 2. The van der Waals surface area contributed by atoms with Crippen molar-refractivity contribution in [2.24, 2.45) is 0 Å². The Hall–Kier alpha value is -5.30. The van der Waals surface area contributed by atoms with E-state index in [0.29, 0.717) is 38.2 Å². The standard InChI is InChI=1S/C41H43N3O4/c1-30-25-37(39(45)43-24-23-42(40(46)48-41(2,3)4)28-35(43)26-31-15-8-5-9-16-31)38(44(30)34-20-12-7-13-21-34)33-19-14-22-36(27-33)47-29-32-17-10-6-11-18-32/h5-22,25,27,35H,23-24,26,28-29H2,1-4H3/t35-/m1/s1. The van der Waals surface area contributed by atoms with Gasteiger partial charge in [0.05, 0.1) is 17.3 Å². The fourth-order valence-electron chi connectivity index (χ4n) is 6.30. The molecule has 1 fully saturated rings. The number of aryl methyl sites for hydroxylation is 1. The monoisotopic (exact) mass is 641 g/mol. The van der Waals surface area contributed by atoms with Crippen LogP contribution in [0.3, 0.4) is 0 Å². The number of benzene rings is 4. The van der Waals surface area contributed by atoms with E-state index in [1.807, 2.05) is 130 Å². The molecule has 0 aliphatic carbocycles. The molecule has 2 heterocycles. The highest BCUT2D eigenvalue weighted by atomic mass is 16.6. The molecule has 7 nitrogen and oxygen atoms in total. The third-order valence-corrected chi connectivity index (χ3v) is 8.49. The minimum Gasteiger partial charge on any atom is -0.489 e. The topological polar surface area (TPSA) is 64.0 Å². The lowest BCUT2D eigenvalue weighted by Crippen LogP contribution is -2.57. The van der Waals surface area contributed by atoms with Gasteiger partial charge < -0.3 is 23.8 Å². The van der Waals surface area contributed by atoms with Gasteiger partial charge in [0.1, 0.15) is 18.0 Å². The second kappa shape index (κ2) is 14.2. The highest BCUT2D eigenvalue weighted by Crippen LogP contribution is 2.35. The van der Waals surface area contributed by atoms with Crippen molar-refractivity contribution in [1.82, 2.24) is 14.4 Å². The number of aromatic nitrogens is 1. The lowest BCUT2D eigenvalue weighted by atomic mass is 10.00. The molecule has 4 aromatic carbocycles. The summed E-state index contributed by atoms with van der Waals surface area (Å²) in [5, 5.41) is 0. The molecule has 0 spiro atoms. The molecule has 0 saturated carbocycles. The maximum atomic E-state index is 14.8. The number of carbonyl (C=O) groups is 2. The average Bonchev–Trinajstić information content (AvgIpc) is 3.44. The summed E-state index contributed by atoms with van der Waals surface area (Å²) in [4.78, 5) is 31.7. The molecule has 1 aliphatic heterocycles. The number of rotatable bonds is 8. The van der Waals surface area contributed by atoms with Crippen molar-refractivity contribution in [2.45, 2.75) is 52.4 Å². The van der Waals surface area contributed by atoms with Gasteiger partial charge in [0, 0.05) is 36.6 Å². The van der Waals surface area contributed by atoms with Crippen LogP contribution in [0.15, 0.2) is 121 Å². The van der Waals surface area contributed by atoms with E-state index < -0.39 is 5.60 Å². The van der Waals surface area contributed by atoms with Gasteiger partial charge in [-0.15, -0.1) is 0 Å². The Bertz CT molecular complexity index is 1850. The van der Waals surface area contributed by atoms with E-state index >= 15 is 0 Å². The summed E-state index contributed by atoms with van der Waals surface area (Å²) < 4.78 is 14.1. The first-order valence-corrected chi connectivity index (χ1v) is 16.5. The molecule has 5 aromatic rings. The number of nitrogens with zero attached hydrogens (tertiary/aromatic N) is 3. The van der Waals surface area contributed by atoms with E-state index in [0.717, 1.165) is 39.5 Å². The molecular weight excluding hydrogens is 598 g/mol. The normalized spacial score (nSPS) is 14.9. The Morgan fingerprint density at radius 1 is 0.771 bits per heavy atom. The van der Waals surface area contributed by atoms with Gasteiger partial charge in [-0.25, -0.2) is 4.79 Å².